The largest absolute Gasteiger partial charge is 0.490 e. The molecule has 8 nitrogen and oxygen atoms in total. The summed E-state index contributed by atoms with van der Waals surface area (Å²) in [7, 11) is 1.81. The SMILES string of the molecule is Cn1nccc1C(=O)N1C[C@H]2CCC[C@@]2(COc2ccccn2)C1.O=C(O)C(F)(F)F. The average Bonchev–Trinajstić information content (AvgIpc) is 3.40. The second-order valence-corrected chi connectivity index (χ2v) is 7.74. The van der Waals surface area contributed by atoms with Crippen molar-refractivity contribution in [1.82, 2.24) is 19.7 Å². The highest BCUT2D eigenvalue weighted by atomic mass is 19.4. The number of rotatable bonds is 4. The number of nitrogens with zero attached hydrogens (tertiary/aromatic N) is 4. The molecule has 2 atom stereocenters. The third-order valence-corrected chi connectivity index (χ3v) is 5.75. The van der Waals surface area contributed by atoms with Crippen molar-refractivity contribution in [3.05, 3.63) is 42.4 Å². The maximum absolute atomic E-state index is 12.8. The van der Waals surface area contributed by atoms with E-state index in [2.05, 4.69) is 10.1 Å². The van der Waals surface area contributed by atoms with E-state index in [1.54, 1.807) is 23.1 Å². The normalized spacial score (nSPS) is 22.5. The molecule has 1 amide bonds. The molecule has 2 aliphatic rings. The highest BCUT2D eigenvalue weighted by Gasteiger charge is 2.51. The lowest BCUT2D eigenvalue weighted by molar-refractivity contribution is -0.192. The number of carboxylic acid groups (broad SMARTS) is 1. The van der Waals surface area contributed by atoms with E-state index in [0.717, 1.165) is 19.5 Å². The summed E-state index contributed by atoms with van der Waals surface area (Å²) in [5.74, 6) is -1.51. The topological polar surface area (TPSA) is 97.5 Å². The minimum Gasteiger partial charge on any atom is -0.477 e. The molecule has 0 unspecified atom stereocenters. The van der Waals surface area contributed by atoms with Gasteiger partial charge in [0.25, 0.3) is 5.91 Å². The van der Waals surface area contributed by atoms with Crippen molar-refractivity contribution in [2.75, 3.05) is 19.7 Å². The number of fused-ring (bicyclic) bond motifs is 1. The van der Waals surface area contributed by atoms with E-state index in [1.165, 1.54) is 12.8 Å². The van der Waals surface area contributed by atoms with Crippen molar-refractivity contribution in [3.63, 3.8) is 0 Å². The first-order valence-corrected chi connectivity index (χ1v) is 9.74. The Morgan fingerprint density at radius 3 is 2.61 bits per heavy atom. The molecule has 0 radical (unpaired) electrons. The number of aryl methyl sites for hydroxylation is 1. The van der Waals surface area contributed by atoms with Crippen LogP contribution in [-0.2, 0) is 11.8 Å². The zero-order valence-electron chi connectivity index (χ0n) is 16.9. The van der Waals surface area contributed by atoms with Gasteiger partial charge in [-0.3, -0.25) is 9.48 Å². The van der Waals surface area contributed by atoms with Crippen LogP contribution in [0.1, 0.15) is 29.8 Å². The zero-order valence-corrected chi connectivity index (χ0v) is 16.9. The number of likely N-dealkylation sites (tertiary alicyclic amines) is 1. The fourth-order valence-corrected chi connectivity index (χ4v) is 4.20. The highest BCUT2D eigenvalue weighted by Crippen LogP contribution is 2.49. The molecule has 1 saturated heterocycles. The Balaban J connectivity index is 0.000000339. The minimum atomic E-state index is -5.08. The van der Waals surface area contributed by atoms with E-state index >= 15 is 0 Å². The Morgan fingerprint density at radius 2 is 2.03 bits per heavy atom. The quantitative estimate of drug-likeness (QED) is 0.785. The molecule has 2 fully saturated rings. The van der Waals surface area contributed by atoms with Crippen molar-refractivity contribution in [2.45, 2.75) is 25.4 Å². The van der Waals surface area contributed by atoms with Crippen LogP contribution in [-0.4, -0.2) is 62.5 Å². The van der Waals surface area contributed by atoms with Gasteiger partial charge in [0, 0.05) is 44.0 Å². The van der Waals surface area contributed by atoms with Crippen LogP contribution in [0.4, 0.5) is 13.2 Å². The summed E-state index contributed by atoms with van der Waals surface area (Å²) in [6, 6.07) is 7.48. The molecule has 1 N–H and O–H groups in total. The van der Waals surface area contributed by atoms with E-state index < -0.39 is 12.1 Å². The Hall–Kier alpha value is -3.11. The second kappa shape index (κ2) is 8.94. The van der Waals surface area contributed by atoms with Gasteiger partial charge in [-0.2, -0.15) is 18.3 Å². The van der Waals surface area contributed by atoms with E-state index in [4.69, 9.17) is 14.6 Å². The van der Waals surface area contributed by atoms with Crippen molar-refractivity contribution < 1.29 is 32.6 Å². The first-order chi connectivity index (χ1) is 14.6. The number of alkyl halides is 3. The number of carbonyl (C=O) groups excluding carboxylic acids is 1. The van der Waals surface area contributed by atoms with Crippen LogP contribution in [0.2, 0.25) is 0 Å². The predicted octanol–water partition coefficient (Wildman–Crippen LogP) is 2.77. The molecule has 1 saturated carbocycles. The Kier molecular flexibility index (Phi) is 6.51. The van der Waals surface area contributed by atoms with Crippen molar-refractivity contribution >= 4 is 11.9 Å². The van der Waals surface area contributed by atoms with E-state index in [9.17, 15) is 18.0 Å². The van der Waals surface area contributed by atoms with Crippen LogP contribution >= 0.6 is 0 Å². The lowest BCUT2D eigenvalue weighted by atomic mass is 9.81. The third-order valence-electron chi connectivity index (χ3n) is 5.75. The predicted molar refractivity (Wildman–Crippen MR) is 102 cm³/mol. The molecular formula is C20H23F3N4O4. The molecule has 2 aromatic heterocycles. The molecule has 1 aliphatic heterocycles. The number of pyridine rings is 1. The van der Waals surface area contributed by atoms with Crippen molar-refractivity contribution in [1.29, 1.82) is 0 Å². The van der Waals surface area contributed by atoms with Gasteiger partial charge in [-0.15, -0.1) is 0 Å². The number of hydrogen-bond donors (Lipinski definition) is 1. The number of carboxylic acids is 1. The Morgan fingerprint density at radius 1 is 1.29 bits per heavy atom. The maximum Gasteiger partial charge on any atom is 0.490 e. The highest BCUT2D eigenvalue weighted by molar-refractivity contribution is 5.92. The maximum atomic E-state index is 12.8. The number of amides is 1. The van der Waals surface area contributed by atoms with E-state index in [1.807, 2.05) is 30.1 Å². The number of aliphatic carboxylic acids is 1. The smallest absolute Gasteiger partial charge is 0.477 e. The molecule has 0 spiro atoms. The first kappa shape index (κ1) is 22.6. The van der Waals surface area contributed by atoms with Crippen LogP contribution < -0.4 is 4.74 Å². The van der Waals surface area contributed by atoms with Gasteiger partial charge in [0.2, 0.25) is 5.88 Å². The molecule has 3 heterocycles. The van der Waals surface area contributed by atoms with Crippen molar-refractivity contribution in [3.8, 4) is 5.88 Å². The van der Waals surface area contributed by atoms with Gasteiger partial charge in [0.05, 0.1) is 6.61 Å². The summed E-state index contributed by atoms with van der Waals surface area (Å²) in [5, 5.41) is 11.2. The number of halogens is 3. The molecule has 0 bridgehead atoms. The monoisotopic (exact) mass is 440 g/mol. The number of carbonyl (C=O) groups is 2. The van der Waals surface area contributed by atoms with Crippen LogP contribution in [0.15, 0.2) is 36.7 Å². The summed E-state index contributed by atoms with van der Waals surface area (Å²) < 4.78 is 39.4. The van der Waals surface area contributed by atoms with Gasteiger partial charge in [0.1, 0.15) is 5.69 Å². The first-order valence-electron chi connectivity index (χ1n) is 9.74. The number of aromatic nitrogens is 3. The fourth-order valence-electron chi connectivity index (χ4n) is 4.20. The van der Waals surface area contributed by atoms with Crippen LogP contribution in [0.3, 0.4) is 0 Å². The molecule has 2 aromatic rings. The van der Waals surface area contributed by atoms with Crippen molar-refractivity contribution in [2.24, 2.45) is 18.4 Å². The van der Waals surface area contributed by atoms with Gasteiger partial charge in [-0.1, -0.05) is 12.5 Å². The molecule has 11 heteroatoms. The Labute approximate surface area is 176 Å². The summed E-state index contributed by atoms with van der Waals surface area (Å²) >= 11 is 0. The van der Waals surface area contributed by atoms with Crippen LogP contribution in [0.25, 0.3) is 0 Å². The summed E-state index contributed by atoms with van der Waals surface area (Å²) in [6.07, 6.45) is 1.82. The number of hydrogen-bond acceptors (Lipinski definition) is 5. The van der Waals surface area contributed by atoms with Crippen LogP contribution in [0, 0.1) is 11.3 Å². The van der Waals surface area contributed by atoms with Crippen LogP contribution in [0.5, 0.6) is 5.88 Å². The van der Waals surface area contributed by atoms with E-state index in [-0.39, 0.29) is 11.3 Å². The summed E-state index contributed by atoms with van der Waals surface area (Å²) in [5.41, 5.74) is 0.710. The van der Waals surface area contributed by atoms with Gasteiger partial charge in [-0.25, -0.2) is 9.78 Å². The molecule has 1 aliphatic carbocycles. The Bertz CT molecular complexity index is 919. The van der Waals surface area contributed by atoms with Gasteiger partial charge in [0.15, 0.2) is 0 Å². The lowest BCUT2D eigenvalue weighted by Crippen LogP contribution is -2.36. The minimum absolute atomic E-state index is 0.0613. The molecule has 168 valence electrons. The molecular weight excluding hydrogens is 417 g/mol. The molecule has 31 heavy (non-hydrogen) atoms. The summed E-state index contributed by atoms with van der Waals surface area (Å²) in [4.78, 5) is 27.9. The third kappa shape index (κ3) is 5.15. The molecule has 4 rings (SSSR count). The number of ether oxygens (including phenoxy) is 1. The fraction of sp³-hybridized carbons (Fsp3) is 0.500. The standard InChI is InChI=1S/C18H22N4O2.C2HF3O2/c1-21-15(7-10-20-21)17(23)22-11-14-5-4-8-18(14,12-22)13-24-16-6-2-3-9-19-16;3-2(4,5)1(6)7/h2-3,6-7,9-10,14H,4-5,8,11-13H2,1H3;(H,6,7)/t14-,18+;/m1./s1. The van der Waals surface area contributed by atoms with Gasteiger partial charge >= 0.3 is 12.1 Å². The molecule has 0 aromatic carbocycles. The van der Waals surface area contributed by atoms with E-state index in [0.29, 0.717) is 24.1 Å². The lowest BCUT2D eigenvalue weighted by Gasteiger charge is -2.28. The van der Waals surface area contributed by atoms with Gasteiger partial charge < -0.3 is 14.7 Å². The zero-order chi connectivity index (χ0) is 22.6. The summed E-state index contributed by atoms with van der Waals surface area (Å²) in [6.45, 7) is 2.20. The average molecular weight is 440 g/mol. The second-order valence-electron chi connectivity index (χ2n) is 7.74. The van der Waals surface area contributed by atoms with Gasteiger partial charge in [-0.05, 0) is 30.9 Å².